The molecule has 224 valence electrons. The van der Waals surface area contributed by atoms with Gasteiger partial charge in [0.25, 0.3) is 0 Å². The lowest BCUT2D eigenvalue weighted by Gasteiger charge is -2.52. The number of amides is 1. The molecule has 2 aromatic rings. The van der Waals surface area contributed by atoms with Crippen molar-refractivity contribution >= 4 is 40.6 Å². The first kappa shape index (κ1) is 28.9. The van der Waals surface area contributed by atoms with Crippen molar-refractivity contribution in [1.82, 2.24) is 9.80 Å². The average molecular weight is 587 g/mol. The van der Waals surface area contributed by atoms with E-state index in [0.717, 1.165) is 36.5 Å². The number of aliphatic imine (C=N–C) groups is 1. The van der Waals surface area contributed by atoms with Crippen molar-refractivity contribution in [3.63, 3.8) is 0 Å². The van der Waals surface area contributed by atoms with Gasteiger partial charge in [0.2, 0.25) is 5.91 Å². The van der Waals surface area contributed by atoms with Crippen LogP contribution in [0.2, 0.25) is 0 Å². The number of likely N-dealkylation sites (tertiary alicyclic amines) is 1. The molecular weight excluding hydrogens is 552 g/mol. The highest BCUT2D eigenvalue weighted by Crippen LogP contribution is 2.51. The molecule has 1 saturated heterocycles. The van der Waals surface area contributed by atoms with Crippen LogP contribution in [0.25, 0.3) is 11.1 Å². The Kier molecular flexibility index (Phi) is 6.85. The zero-order valence-corrected chi connectivity index (χ0v) is 24.2. The van der Waals surface area contributed by atoms with E-state index in [1.54, 1.807) is 20.2 Å². The van der Waals surface area contributed by atoms with Crippen LogP contribution in [0.3, 0.4) is 0 Å². The van der Waals surface area contributed by atoms with E-state index in [9.17, 15) is 34.2 Å². The van der Waals surface area contributed by atoms with E-state index in [2.05, 4.69) is 4.90 Å². The van der Waals surface area contributed by atoms with Crippen molar-refractivity contribution in [3.05, 3.63) is 47.5 Å². The molecule has 6 atom stereocenters. The predicted molar refractivity (Wildman–Crippen MR) is 156 cm³/mol. The van der Waals surface area contributed by atoms with Crippen LogP contribution >= 0.6 is 0 Å². The molecule has 2 aromatic carbocycles. The number of nitrogens with two attached hydrogens (primary N) is 1. The molecule has 43 heavy (non-hydrogen) atoms. The van der Waals surface area contributed by atoms with Crippen LogP contribution < -0.4 is 5.73 Å². The number of nitrogens with zero attached hydrogens (tertiary/aromatic N) is 3. The largest absolute Gasteiger partial charge is 0.507 e. The highest BCUT2D eigenvalue weighted by molar-refractivity contribution is 6.32. The van der Waals surface area contributed by atoms with Crippen molar-refractivity contribution in [2.75, 3.05) is 27.7 Å². The third-order valence-electron chi connectivity index (χ3n) is 9.72. The molecule has 2 saturated carbocycles. The zero-order chi connectivity index (χ0) is 31.0. The minimum atomic E-state index is -2.74. The molecule has 1 aliphatic heterocycles. The number of fused-ring (bicyclic) bond motifs is 3. The first-order valence-corrected chi connectivity index (χ1v) is 14.4. The fourth-order valence-electron chi connectivity index (χ4n) is 7.68. The molecule has 1 heterocycles. The number of primary amides is 1. The number of likely N-dealkylation sites (N-methyl/N-ethyl adjacent to an activating group) is 1. The molecule has 11 heteroatoms. The first-order chi connectivity index (χ1) is 20.4. The Morgan fingerprint density at radius 1 is 1.07 bits per heavy atom. The summed E-state index contributed by atoms with van der Waals surface area (Å²) in [6.07, 6.45) is 2.18. The smallest absolute Gasteiger partial charge is 0.235 e. The number of aliphatic hydroxyl groups is 1. The van der Waals surface area contributed by atoms with Gasteiger partial charge in [0, 0.05) is 25.9 Å². The highest BCUT2D eigenvalue weighted by atomic mass is 16.3. The molecule has 0 radical (unpaired) electrons. The number of phenolic OH excluding ortho intramolecular Hbond substituents is 1. The molecule has 6 rings (SSSR count). The molecule has 11 nitrogen and oxygen atoms in total. The number of Topliss-reactive ketones (excluding diaryl/α,β-unsaturated/α-hetero) is 4. The van der Waals surface area contributed by atoms with Crippen LogP contribution in [0.1, 0.15) is 35.2 Å². The van der Waals surface area contributed by atoms with E-state index in [-0.39, 0.29) is 24.2 Å². The Morgan fingerprint density at radius 2 is 1.77 bits per heavy atom. The van der Waals surface area contributed by atoms with Crippen molar-refractivity contribution in [2.45, 2.75) is 37.3 Å². The Labute approximate surface area is 248 Å². The fraction of sp³-hybridized carbons (Fsp3) is 0.438. The molecule has 3 aliphatic carbocycles. The van der Waals surface area contributed by atoms with Crippen molar-refractivity contribution in [2.24, 2.45) is 34.4 Å². The summed E-state index contributed by atoms with van der Waals surface area (Å²) in [6, 6.07) is 9.55. The van der Waals surface area contributed by atoms with E-state index >= 15 is 0 Å². The summed E-state index contributed by atoms with van der Waals surface area (Å²) in [5.74, 6) is -9.57. The maximum Gasteiger partial charge on any atom is 0.235 e. The number of hydrogen-bond acceptors (Lipinski definition) is 9. The van der Waals surface area contributed by atoms with Gasteiger partial charge in [-0.2, -0.15) is 0 Å². The number of rotatable bonds is 4. The quantitative estimate of drug-likeness (QED) is 0.447. The SMILES string of the molecule is CN1CCCC1=Nc1ccc(-c2ccc(O)c3c2C[C@H]2C[C@H]4[C@@H](N(C)C)C(=O)C(C(N)=O)C(=O)[C@@]4(O)C(=O)C2C3=O)cc1. The summed E-state index contributed by atoms with van der Waals surface area (Å²) in [7, 11) is 5.13. The summed E-state index contributed by atoms with van der Waals surface area (Å²) in [5.41, 5.74) is 5.46. The Morgan fingerprint density at radius 3 is 2.37 bits per heavy atom. The molecule has 2 unspecified atom stereocenters. The average Bonchev–Trinajstić information content (AvgIpc) is 3.35. The number of carbonyl (C=O) groups is 5. The van der Waals surface area contributed by atoms with Gasteiger partial charge in [-0.1, -0.05) is 18.2 Å². The van der Waals surface area contributed by atoms with Gasteiger partial charge < -0.3 is 20.8 Å². The normalized spacial score (nSPS) is 31.3. The molecule has 0 bridgehead atoms. The molecule has 0 aromatic heterocycles. The number of hydrogen-bond donors (Lipinski definition) is 3. The fourth-order valence-corrected chi connectivity index (χ4v) is 7.68. The first-order valence-electron chi connectivity index (χ1n) is 14.4. The number of phenols is 1. The molecule has 0 spiro atoms. The summed E-state index contributed by atoms with van der Waals surface area (Å²) in [4.78, 5) is 75.1. The van der Waals surface area contributed by atoms with Crippen LogP contribution in [-0.4, -0.2) is 94.2 Å². The monoisotopic (exact) mass is 586 g/mol. The topological polar surface area (TPSA) is 171 Å². The minimum absolute atomic E-state index is 0.00292. The summed E-state index contributed by atoms with van der Waals surface area (Å²) in [5, 5.41) is 22.5. The summed E-state index contributed by atoms with van der Waals surface area (Å²) in [6.45, 7) is 0.969. The van der Waals surface area contributed by atoms with Gasteiger partial charge in [0.05, 0.1) is 23.2 Å². The van der Waals surface area contributed by atoms with Gasteiger partial charge in [-0.05, 0) is 74.2 Å². The van der Waals surface area contributed by atoms with Crippen molar-refractivity contribution < 1.29 is 34.2 Å². The lowest BCUT2D eigenvalue weighted by molar-refractivity contribution is -0.181. The molecule has 4 N–H and O–H groups in total. The standard InChI is InChI=1S/C32H34N4O7/c1-35(2)26-20-14-16-13-19-18(15-6-8-17(9-7-15)34-22-5-4-12-36(22)3)10-11-21(37)24(19)27(38)23(16)29(40)32(20,43)30(41)25(28(26)39)31(33)42/h6-11,16,20,23,25-26,37,43H,4-5,12-14H2,1-3H3,(H2,33,42)/t16-,20-,23?,25?,26+,32-/m0/s1. The van der Waals surface area contributed by atoms with Crippen LogP contribution in [0, 0.1) is 23.7 Å². The minimum Gasteiger partial charge on any atom is -0.507 e. The molecule has 4 aliphatic rings. The Hall–Kier alpha value is -4.22. The lowest BCUT2D eigenvalue weighted by Crippen LogP contribution is -2.74. The second-order valence-electron chi connectivity index (χ2n) is 12.4. The van der Waals surface area contributed by atoms with Crippen LogP contribution in [0.15, 0.2) is 41.4 Å². The zero-order valence-electron chi connectivity index (χ0n) is 24.2. The second-order valence-corrected chi connectivity index (χ2v) is 12.4. The third-order valence-corrected chi connectivity index (χ3v) is 9.72. The van der Waals surface area contributed by atoms with E-state index in [1.807, 2.05) is 31.3 Å². The van der Waals surface area contributed by atoms with E-state index in [0.29, 0.717) is 11.1 Å². The van der Waals surface area contributed by atoms with E-state index in [4.69, 9.17) is 10.7 Å². The Balaban J connectivity index is 1.41. The van der Waals surface area contributed by atoms with Gasteiger partial charge >= 0.3 is 0 Å². The predicted octanol–water partition coefficient (Wildman–Crippen LogP) is 1.29. The third kappa shape index (κ3) is 4.24. The summed E-state index contributed by atoms with van der Waals surface area (Å²) < 4.78 is 0. The highest BCUT2D eigenvalue weighted by Gasteiger charge is 2.69. The van der Waals surface area contributed by atoms with Gasteiger partial charge in [-0.15, -0.1) is 0 Å². The van der Waals surface area contributed by atoms with Crippen molar-refractivity contribution in [3.8, 4) is 16.9 Å². The molecule has 1 amide bonds. The van der Waals surface area contributed by atoms with Gasteiger partial charge in [0.1, 0.15) is 11.6 Å². The van der Waals surface area contributed by atoms with Crippen molar-refractivity contribution in [1.29, 1.82) is 0 Å². The molecule has 3 fully saturated rings. The lowest BCUT2D eigenvalue weighted by atomic mass is 9.52. The number of carbonyl (C=O) groups excluding carboxylic acids is 5. The number of aromatic hydroxyl groups is 1. The van der Waals surface area contributed by atoms with Gasteiger partial charge in [0.15, 0.2) is 34.7 Å². The maximum atomic E-state index is 14.0. The number of amidine groups is 1. The summed E-state index contributed by atoms with van der Waals surface area (Å²) >= 11 is 0. The maximum absolute atomic E-state index is 14.0. The Bertz CT molecular complexity index is 1610. The van der Waals surface area contributed by atoms with Gasteiger partial charge in [-0.25, -0.2) is 4.99 Å². The second kappa shape index (κ2) is 10.2. The van der Waals surface area contributed by atoms with E-state index < -0.39 is 64.4 Å². The van der Waals surface area contributed by atoms with Crippen LogP contribution in [0.5, 0.6) is 5.75 Å². The van der Waals surface area contributed by atoms with Gasteiger partial charge in [-0.3, -0.25) is 28.9 Å². The molecular formula is C32H34N4O7. The number of benzene rings is 2. The van der Waals surface area contributed by atoms with E-state index in [1.165, 1.54) is 11.0 Å². The van der Waals surface area contributed by atoms with Crippen LogP contribution in [-0.2, 0) is 25.6 Å². The van der Waals surface area contributed by atoms with Crippen LogP contribution in [0.4, 0.5) is 5.69 Å². The number of ketones is 4.